The van der Waals surface area contributed by atoms with Gasteiger partial charge in [-0.15, -0.1) is 0 Å². The van der Waals surface area contributed by atoms with Crippen molar-refractivity contribution in [2.24, 2.45) is 0 Å². The van der Waals surface area contributed by atoms with Crippen molar-refractivity contribution in [3.63, 3.8) is 0 Å². The van der Waals surface area contributed by atoms with Gasteiger partial charge < -0.3 is 5.32 Å². The lowest BCUT2D eigenvalue weighted by Gasteiger charge is -2.30. The highest BCUT2D eigenvalue weighted by Gasteiger charge is 2.26. The van der Waals surface area contributed by atoms with Gasteiger partial charge >= 0.3 is 0 Å². The molecule has 1 aromatic rings. The maximum Gasteiger partial charge on any atom is 0.254 e. The van der Waals surface area contributed by atoms with Gasteiger partial charge in [0.25, 0.3) is 5.91 Å². The summed E-state index contributed by atoms with van der Waals surface area (Å²) >= 11 is 3.20. The van der Waals surface area contributed by atoms with Crippen molar-refractivity contribution in [1.29, 1.82) is 0 Å². The molecule has 0 unspecified atom stereocenters. The molecule has 0 aromatic heterocycles. The highest BCUT2D eigenvalue weighted by atomic mass is 79.9. The summed E-state index contributed by atoms with van der Waals surface area (Å²) < 4.78 is 38.4. The van der Waals surface area contributed by atoms with Crippen LogP contribution in [0.4, 0.5) is 4.39 Å². The van der Waals surface area contributed by atoms with E-state index >= 15 is 0 Å². The van der Waals surface area contributed by atoms with Gasteiger partial charge in [-0.1, -0.05) is 15.9 Å². The van der Waals surface area contributed by atoms with Gasteiger partial charge in [0.15, 0.2) is 0 Å². The number of nitrogens with one attached hydrogen (secondary N) is 1. The normalized spacial score (nSPS) is 17.7. The zero-order valence-electron chi connectivity index (χ0n) is 11.5. The third-order valence-corrected chi connectivity index (χ3v) is 5.23. The van der Waals surface area contributed by atoms with Crippen LogP contribution in [0.2, 0.25) is 0 Å². The number of rotatable bonds is 3. The van der Waals surface area contributed by atoms with Gasteiger partial charge in [0.2, 0.25) is 10.0 Å². The Hall–Kier alpha value is -0.990. The molecule has 8 heteroatoms. The summed E-state index contributed by atoms with van der Waals surface area (Å²) in [6.07, 6.45) is 2.21. The third-order valence-electron chi connectivity index (χ3n) is 3.43. The van der Waals surface area contributed by atoms with Crippen molar-refractivity contribution in [3.05, 3.63) is 34.1 Å². The van der Waals surface area contributed by atoms with Crippen LogP contribution in [-0.2, 0) is 10.0 Å². The molecule has 1 aliphatic heterocycles. The van der Waals surface area contributed by atoms with Crippen molar-refractivity contribution in [1.82, 2.24) is 9.62 Å². The second-order valence-corrected chi connectivity index (χ2v) is 7.93. The van der Waals surface area contributed by atoms with E-state index in [1.165, 1.54) is 28.8 Å². The zero-order valence-corrected chi connectivity index (χ0v) is 13.9. The predicted octanol–water partition coefficient (Wildman–Crippen LogP) is 1.74. The molecule has 1 N–H and O–H groups in total. The molecular weight excluding hydrogens is 363 g/mol. The Morgan fingerprint density at radius 2 is 2.00 bits per heavy atom. The van der Waals surface area contributed by atoms with Crippen LogP contribution in [0.1, 0.15) is 23.2 Å². The minimum absolute atomic E-state index is 0.0186. The molecule has 1 amide bonds. The molecule has 5 nitrogen and oxygen atoms in total. The summed E-state index contributed by atoms with van der Waals surface area (Å²) in [7, 11) is -3.19. The minimum atomic E-state index is -3.19. The quantitative estimate of drug-likeness (QED) is 0.870. The monoisotopic (exact) mass is 378 g/mol. The largest absolute Gasteiger partial charge is 0.349 e. The fourth-order valence-corrected chi connectivity index (χ4v) is 3.50. The van der Waals surface area contributed by atoms with E-state index in [-0.39, 0.29) is 11.6 Å². The Bertz CT molecular complexity index is 643. The maximum atomic E-state index is 13.6. The number of hydrogen-bond donors (Lipinski definition) is 1. The van der Waals surface area contributed by atoms with Crippen molar-refractivity contribution < 1.29 is 17.6 Å². The number of halogens is 2. The maximum absolute atomic E-state index is 13.6. The van der Waals surface area contributed by atoms with Gasteiger partial charge in [-0.2, -0.15) is 0 Å². The van der Waals surface area contributed by atoms with Gasteiger partial charge in [0, 0.05) is 23.6 Å². The summed E-state index contributed by atoms with van der Waals surface area (Å²) in [6.45, 7) is 0.732. The van der Waals surface area contributed by atoms with Crippen LogP contribution < -0.4 is 5.32 Å². The Balaban J connectivity index is 1.97. The number of benzene rings is 1. The highest BCUT2D eigenvalue weighted by molar-refractivity contribution is 9.10. The summed E-state index contributed by atoms with van der Waals surface area (Å²) in [5.74, 6) is -1.06. The van der Waals surface area contributed by atoms with E-state index < -0.39 is 21.7 Å². The predicted molar refractivity (Wildman–Crippen MR) is 81.0 cm³/mol. The molecule has 1 aliphatic rings. The fraction of sp³-hybridized carbons (Fsp3) is 0.462. The first kappa shape index (κ1) is 16.4. The van der Waals surface area contributed by atoms with E-state index in [1.807, 2.05) is 0 Å². The SMILES string of the molecule is CS(=O)(=O)N1CCC(NC(=O)c2cc(Br)ccc2F)CC1. The fourth-order valence-electron chi connectivity index (χ4n) is 2.27. The minimum Gasteiger partial charge on any atom is -0.349 e. The number of sulfonamides is 1. The molecule has 0 spiro atoms. The van der Waals surface area contributed by atoms with E-state index in [0.717, 1.165) is 0 Å². The first-order valence-corrected chi connectivity index (χ1v) is 9.12. The van der Waals surface area contributed by atoms with Crippen molar-refractivity contribution in [2.75, 3.05) is 19.3 Å². The van der Waals surface area contributed by atoms with Gasteiger partial charge in [-0.3, -0.25) is 4.79 Å². The lowest BCUT2D eigenvalue weighted by atomic mass is 10.1. The van der Waals surface area contributed by atoms with Gasteiger partial charge in [-0.05, 0) is 31.0 Å². The molecule has 1 heterocycles. The number of hydrogen-bond acceptors (Lipinski definition) is 3. The van der Waals surface area contributed by atoms with E-state index in [4.69, 9.17) is 0 Å². The molecule has 0 radical (unpaired) electrons. The summed E-state index contributed by atoms with van der Waals surface area (Å²) in [5, 5.41) is 2.75. The molecule has 1 saturated heterocycles. The Morgan fingerprint density at radius 3 is 2.57 bits per heavy atom. The molecule has 0 aliphatic carbocycles. The van der Waals surface area contributed by atoms with Gasteiger partial charge in [-0.25, -0.2) is 17.1 Å². The summed E-state index contributed by atoms with van der Waals surface area (Å²) in [5.41, 5.74) is -0.0186. The van der Waals surface area contributed by atoms with Crippen LogP contribution in [0.3, 0.4) is 0 Å². The first-order valence-electron chi connectivity index (χ1n) is 6.48. The third kappa shape index (κ3) is 4.24. The Morgan fingerprint density at radius 1 is 1.38 bits per heavy atom. The number of carbonyl (C=O) groups excluding carboxylic acids is 1. The Kier molecular flexibility index (Phi) is 5.00. The number of carbonyl (C=O) groups is 1. The van der Waals surface area contributed by atoms with E-state index in [2.05, 4.69) is 21.2 Å². The van der Waals surface area contributed by atoms with Crippen LogP contribution >= 0.6 is 15.9 Å². The second kappa shape index (κ2) is 6.41. The van der Waals surface area contributed by atoms with Crippen LogP contribution in [0.5, 0.6) is 0 Å². The summed E-state index contributed by atoms with van der Waals surface area (Å²) in [6, 6.07) is 4.03. The standard InChI is InChI=1S/C13H16BrFN2O3S/c1-21(19,20)17-6-4-10(5-7-17)16-13(18)11-8-9(14)2-3-12(11)15/h2-3,8,10H,4-7H2,1H3,(H,16,18). The Labute approximate surface area is 131 Å². The molecule has 2 rings (SSSR count). The van der Waals surface area contributed by atoms with Crippen molar-refractivity contribution in [2.45, 2.75) is 18.9 Å². The van der Waals surface area contributed by atoms with E-state index in [0.29, 0.717) is 30.4 Å². The van der Waals surface area contributed by atoms with Crippen molar-refractivity contribution in [3.8, 4) is 0 Å². The topological polar surface area (TPSA) is 66.5 Å². The first-order chi connectivity index (χ1) is 9.77. The molecule has 116 valence electrons. The molecule has 0 saturated carbocycles. The highest BCUT2D eigenvalue weighted by Crippen LogP contribution is 2.17. The number of nitrogens with zero attached hydrogens (tertiary/aromatic N) is 1. The van der Waals surface area contributed by atoms with Gasteiger partial charge in [0.05, 0.1) is 11.8 Å². The lowest BCUT2D eigenvalue weighted by Crippen LogP contribution is -2.46. The van der Waals surface area contributed by atoms with E-state index in [1.54, 1.807) is 0 Å². The van der Waals surface area contributed by atoms with E-state index in [9.17, 15) is 17.6 Å². The average Bonchev–Trinajstić information content (AvgIpc) is 2.41. The lowest BCUT2D eigenvalue weighted by molar-refractivity contribution is 0.0920. The molecule has 0 atom stereocenters. The van der Waals surface area contributed by atoms with Crippen LogP contribution in [0.15, 0.2) is 22.7 Å². The number of amides is 1. The number of piperidine rings is 1. The molecule has 0 bridgehead atoms. The van der Waals surface area contributed by atoms with Crippen LogP contribution in [0, 0.1) is 5.82 Å². The average molecular weight is 379 g/mol. The van der Waals surface area contributed by atoms with Crippen LogP contribution in [0.25, 0.3) is 0 Å². The molecule has 1 fully saturated rings. The smallest absolute Gasteiger partial charge is 0.254 e. The second-order valence-electron chi connectivity index (χ2n) is 5.03. The van der Waals surface area contributed by atoms with Crippen LogP contribution in [-0.4, -0.2) is 44.0 Å². The zero-order chi connectivity index (χ0) is 15.6. The van der Waals surface area contributed by atoms with Gasteiger partial charge in [0.1, 0.15) is 5.82 Å². The molecule has 1 aromatic carbocycles. The summed E-state index contributed by atoms with van der Waals surface area (Å²) in [4.78, 5) is 12.1. The molecular formula is C13H16BrFN2O3S. The molecule has 21 heavy (non-hydrogen) atoms. The van der Waals surface area contributed by atoms with Crippen molar-refractivity contribution >= 4 is 31.9 Å².